The highest BCUT2D eigenvalue weighted by Crippen LogP contribution is 2.41. The van der Waals surface area contributed by atoms with Crippen molar-refractivity contribution in [3.8, 4) is 0 Å². The molecule has 2 aliphatic rings. The Morgan fingerprint density at radius 1 is 1.26 bits per heavy atom. The first-order valence-electron chi connectivity index (χ1n) is 7.40. The molecule has 1 aromatic rings. The van der Waals surface area contributed by atoms with Crippen molar-refractivity contribution in [3.63, 3.8) is 0 Å². The molecule has 3 unspecified atom stereocenters. The number of hydrogen-bond donors (Lipinski definition) is 1. The van der Waals surface area contributed by atoms with E-state index < -0.39 is 0 Å². The summed E-state index contributed by atoms with van der Waals surface area (Å²) in [5.74, 6) is 1.89. The third-order valence-electron chi connectivity index (χ3n) is 4.97. The van der Waals surface area contributed by atoms with Gasteiger partial charge in [0.1, 0.15) is 0 Å². The second-order valence-electron chi connectivity index (χ2n) is 6.08. The number of nitrogens with zero attached hydrogens (tertiary/aromatic N) is 1. The first-order valence-corrected chi connectivity index (χ1v) is 8.20. The molecule has 1 aromatic carbocycles. The Morgan fingerprint density at radius 3 is 2.53 bits per heavy atom. The molecule has 1 saturated carbocycles. The van der Waals surface area contributed by atoms with E-state index >= 15 is 0 Å². The van der Waals surface area contributed by atoms with Crippen LogP contribution in [-0.4, -0.2) is 20.1 Å². The van der Waals surface area contributed by atoms with Gasteiger partial charge in [-0.05, 0) is 72.3 Å². The van der Waals surface area contributed by atoms with E-state index in [9.17, 15) is 0 Å². The van der Waals surface area contributed by atoms with Gasteiger partial charge in [0.25, 0.3) is 0 Å². The van der Waals surface area contributed by atoms with Crippen molar-refractivity contribution in [3.05, 3.63) is 28.2 Å². The summed E-state index contributed by atoms with van der Waals surface area (Å²) in [4.78, 5) is 2.58. The highest BCUT2D eigenvalue weighted by atomic mass is 79.9. The maximum absolute atomic E-state index is 3.77. The quantitative estimate of drug-likeness (QED) is 0.905. The van der Waals surface area contributed by atoms with Gasteiger partial charge >= 0.3 is 0 Å². The van der Waals surface area contributed by atoms with Gasteiger partial charge < -0.3 is 10.2 Å². The average Bonchev–Trinajstić information content (AvgIpc) is 2.98. The number of nitrogens with one attached hydrogen (secondary N) is 1. The molecule has 1 heterocycles. The van der Waals surface area contributed by atoms with Crippen LogP contribution >= 0.6 is 15.9 Å². The van der Waals surface area contributed by atoms with Gasteiger partial charge in [0, 0.05) is 23.6 Å². The van der Waals surface area contributed by atoms with E-state index in [1.807, 2.05) is 7.05 Å². The number of hydrogen-bond acceptors (Lipinski definition) is 2. The van der Waals surface area contributed by atoms with Gasteiger partial charge in [-0.1, -0.05) is 12.5 Å². The molecule has 19 heavy (non-hydrogen) atoms. The Kier molecular flexibility index (Phi) is 3.86. The minimum Gasteiger partial charge on any atom is -0.370 e. The Labute approximate surface area is 124 Å². The van der Waals surface area contributed by atoms with Crippen LogP contribution in [0.4, 0.5) is 5.69 Å². The largest absolute Gasteiger partial charge is 0.370 e. The summed E-state index contributed by atoms with van der Waals surface area (Å²) in [6.07, 6.45) is 4.32. The van der Waals surface area contributed by atoms with Crippen LogP contribution in [0.3, 0.4) is 0 Å². The van der Waals surface area contributed by atoms with Crippen molar-refractivity contribution in [2.45, 2.75) is 32.2 Å². The average molecular weight is 323 g/mol. The van der Waals surface area contributed by atoms with E-state index in [2.05, 4.69) is 51.3 Å². The second kappa shape index (κ2) is 5.45. The summed E-state index contributed by atoms with van der Waals surface area (Å²) in [7, 11) is 2.01. The van der Waals surface area contributed by atoms with Crippen LogP contribution in [0, 0.1) is 11.8 Å². The van der Waals surface area contributed by atoms with Crippen molar-refractivity contribution in [2.24, 2.45) is 11.8 Å². The van der Waals surface area contributed by atoms with E-state index in [4.69, 9.17) is 0 Å². The van der Waals surface area contributed by atoms with Crippen molar-refractivity contribution < 1.29 is 0 Å². The summed E-state index contributed by atoms with van der Waals surface area (Å²) in [5.41, 5.74) is 2.72. The van der Waals surface area contributed by atoms with Crippen LogP contribution in [-0.2, 0) is 0 Å². The minimum absolute atomic E-state index is 0.406. The minimum atomic E-state index is 0.406. The molecule has 0 amide bonds. The molecule has 1 aliphatic carbocycles. The molecular weight excluding hydrogens is 300 g/mol. The van der Waals surface area contributed by atoms with Crippen LogP contribution in [0.25, 0.3) is 0 Å². The van der Waals surface area contributed by atoms with E-state index in [-0.39, 0.29) is 0 Å². The lowest BCUT2D eigenvalue weighted by Crippen LogP contribution is -2.21. The normalized spacial score (nSPS) is 27.6. The van der Waals surface area contributed by atoms with Crippen LogP contribution in [0.2, 0.25) is 0 Å². The Hall–Kier alpha value is -0.540. The predicted molar refractivity (Wildman–Crippen MR) is 84.7 cm³/mol. The summed E-state index contributed by atoms with van der Waals surface area (Å²) in [6, 6.07) is 7.22. The highest BCUT2D eigenvalue weighted by molar-refractivity contribution is 9.10. The first-order chi connectivity index (χ1) is 9.19. The lowest BCUT2D eigenvalue weighted by Gasteiger charge is -2.22. The molecule has 0 aromatic heterocycles. The first kappa shape index (κ1) is 13.4. The molecule has 1 saturated heterocycles. The fraction of sp³-hybridized carbons (Fsp3) is 0.625. The second-order valence-corrected chi connectivity index (χ2v) is 6.93. The molecule has 1 N–H and O–H groups in total. The van der Waals surface area contributed by atoms with Gasteiger partial charge in [-0.25, -0.2) is 0 Å². The lowest BCUT2D eigenvalue weighted by molar-refractivity contribution is 0.494. The monoisotopic (exact) mass is 322 g/mol. The van der Waals surface area contributed by atoms with E-state index in [1.165, 1.54) is 48.1 Å². The zero-order chi connectivity index (χ0) is 13.4. The van der Waals surface area contributed by atoms with Crippen molar-refractivity contribution >= 4 is 21.6 Å². The van der Waals surface area contributed by atoms with Gasteiger partial charge in [0.05, 0.1) is 5.69 Å². The summed E-state index contributed by atoms with van der Waals surface area (Å²) < 4.78 is 1.24. The maximum atomic E-state index is 3.77. The molecule has 3 atom stereocenters. The number of anilines is 1. The molecule has 3 rings (SSSR count). The van der Waals surface area contributed by atoms with Gasteiger partial charge in [-0.3, -0.25) is 0 Å². The Balaban J connectivity index is 1.78. The molecule has 0 radical (unpaired) electrons. The zero-order valence-corrected chi connectivity index (χ0v) is 13.4. The maximum Gasteiger partial charge on any atom is 0.0511 e. The number of benzene rings is 1. The fourth-order valence-electron chi connectivity index (χ4n) is 3.65. The molecule has 2 fully saturated rings. The van der Waals surface area contributed by atoms with Gasteiger partial charge in [0.15, 0.2) is 0 Å². The number of rotatable bonds is 3. The smallest absolute Gasteiger partial charge is 0.0511 e. The number of fused-ring (bicyclic) bond motifs is 1. The molecular formula is C16H23BrN2. The molecule has 0 spiro atoms. The summed E-state index contributed by atoms with van der Waals surface area (Å²) >= 11 is 3.77. The standard InChI is InChI=1S/C16H23BrN2/c1-11(18-2)12-6-7-16(15(17)8-12)19-9-13-4-3-5-14(13)10-19/h6-8,11,13-14,18H,3-5,9-10H2,1-2H3. The van der Waals surface area contributed by atoms with Gasteiger partial charge in [-0.2, -0.15) is 0 Å². The summed E-state index contributed by atoms with van der Waals surface area (Å²) in [5, 5.41) is 3.30. The highest BCUT2D eigenvalue weighted by Gasteiger charge is 2.36. The Morgan fingerprint density at radius 2 is 1.95 bits per heavy atom. The molecule has 0 bridgehead atoms. The van der Waals surface area contributed by atoms with Crippen LogP contribution in [0.5, 0.6) is 0 Å². The zero-order valence-electron chi connectivity index (χ0n) is 11.8. The SMILES string of the molecule is CNC(C)c1ccc(N2CC3CCCC3C2)c(Br)c1. The fourth-order valence-corrected chi connectivity index (χ4v) is 4.29. The molecule has 104 valence electrons. The van der Waals surface area contributed by atoms with E-state index in [0.717, 1.165) is 11.8 Å². The van der Waals surface area contributed by atoms with Crippen molar-refractivity contribution in [1.29, 1.82) is 0 Å². The van der Waals surface area contributed by atoms with Gasteiger partial charge in [0.2, 0.25) is 0 Å². The van der Waals surface area contributed by atoms with Crippen molar-refractivity contribution in [1.82, 2.24) is 5.32 Å². The van der Waals surface area contributed by atoms with Crippen LogP contribution in [0.15, 0.2) is 22.7 Å². The Bertz CT molecular complexity index is 448. The summed E-state index contributed by atoms with van der Waals surface area (Å²) in [6.45, 7) is 4.70. The third kappa shape index (κ3) is 2.55. The predicted octanol–water partition coefficient (Wildman–Crippen LogP) is 3.97. The van der Waals surface area contributed by atoms with Crippen LogP contribution in [0.1, 0.15) is 37.8 Å². The topological polar surface area (TPSA) is 15.3 Å². The van der Waals surface area contributed by atoms with E-state index in [1.54, 1.807) is 0 Å². The lowest BCUT2D eigenvalue weighted by atomic mass is 10.0. The molecule has 3 heteroatoms. The van der Waals surface area contributed by atoms with Crippen molar-refractivity contribution in [2.75, 3.05) is 25.0 Å². The third-order valence-corrected chi connectivity index (χ3v) is 5.61. The molecule has 2 nitrogen and oxygen atoms in total. The number of halogens is 1. The van der Waals surface area contributed by atoms with E-state index in [0.29, 0.717) is 6.04 Å². The van der Waals surface area contributed by atoms with Gasteiger partial charge in [-0.15, -0.1) is 0 Å². The molecule has 1 aliphatic heterocycles. The van der Waals surface area contributed by atoms with Crippen LogP contribution < -0.4 is 10.2 Å².